The number of ether oxygens (including phenoxy) is 1. The highest BCUT2D eigenvalue weighted by atomic mass is 16.6. The van der Waals surface area contributed by atoms with Gasteiger partial charge >= 0.3 is 0 Å². The molecule has 0 bridgehead atoms. The number of quaternary nitrogens is 1. The van der Waals surface area contributed by atoms with Crippen molar-refractivity contribution in [2.45, 2.75) is 25.7 Å². The average Bonchev–Trinajstić information content (AvgIpc) is 1.81. The predicted molar refractivity (Wildman–Crippen MR) is 51.2 cm³/mol. The lowest BCUT2D eigenvalue weighted by molar-refractivity contribution is -0.871. The molecule has 4 heteroatoms. The lowest BCUT2D eigenvalue weighted by Gasteiger charge is -2.24. The monoisotopic (exact) mass is 192 g/mol. The normalized spacial score (nSPS) is 17.1. The van der Waals surface area contributed by atoms with E-state index >= 15 is 0 Å². The molecule has 0 amide bonds. The van der Waals surface area contributed by atoms with Gasteiger partial charge in [-0.15, -0.1) is 0 Å². The highest BCUT2D eigenvalue weighted by Crippen LogP contribution is 2.00. The van der Waals surface area contributed by atoms with E-state index in [2.05, 4.69) is 21.1 Å². The first-order chi connectivity index (χ1) is 5.81. The topological polar surface area (TPSA) is 49.7 Å². The molecule has 4 nitrogen and oxygen atoms in total. The van der Waals surface area contributed by atoms with Crippen LogP contribution in [-0.4, -0.2) is 61.4 Å². The Morgan fingerprint density at radius 3 is 2.15 bits per heavy atom. The maximum absolute atomic E-state index is 9.23. The summed E-state index contributed by atoms with van der Waals surface area (Å²) in [4.78, 5) is 0. The number of rotatable bonds is 6. The lowest BCUT2D eigenvalue weighted by atomic mass is 10.3. The van der Waals surface area contributed by atoms with Gasteiger partial charge in [0.05, 0.1) is 33.9 Å². The maximum Gasteiger partial charge on any atom is 0.157 e. The van der Waals surface area contributed by atoms with Crippen LogP contribution in [0, 0.1) is 0 Å². The number of nitrogens with zero attached hydrogens (tertiary/aromatic N) is 1. The van der Waals surface area contributed by atoms with E-state index in [0.717, 1.165) is 11.0 Å². The van der Waals surface area contributed by atoms with E-state index in [9.17, 15) is 5.11 Å². The Balaban J connectivity index is 3.42. The fourth-order valence-electron chi connectivity index (χ4n) is 0.822. The smallest absolute Gasteiger partial charge is 0.157 e. The molecular weight excluding hydrogens is 170 g/mol. The summed E-state index contributed by atoms with van der Waals surface area (Å²) in [6.45, 7) is 2.99. The van der Waals surface area contributed by atoms with Crippen molar-refractivity contribution < 1.29 is 19.4 Å². The van der Waals surface area contributed by atoms with Gasteiger partial charge in [-0.25, -0.2) is 0 Å². The van der Waals surface area contributed by atoms with Crippen LogP contribution in [0.2, 0.25) is 0 Å². The first-order valence-corrected chi connectivity index (χ1v) is 4.59. The van der Waals surface area contributed by atoms with Gasteiger partial charge in [-0.05, 0) is 6.92 Å². The molecule has 2 N–H and O–H groups in total. The molecule has 0 radical (unpaired) electrons. The molecule has 0 aliphatic rings. The third-order valence-corrected chi connectivity index (χ3v) is 1.62. The molecule has 80 valence electrons. The van der Waals surface area contributed by atoms with Crippen LogP contribution in [0.1, 0.15) is 13.3 Å². The van der Waals surface area contributed by atoms with E-state index in [1.165, 1.54) is 0 Å². The predicted octanol–water partition coefficient (Wildman–Crippen LogP) is -0.202. The van der Waals surface area contributed by atoms with Gasteiger partial charge < -0.3 is 19.4 Å². The van der Waals surface area contributed by atoms with Crippen LogP contribution >= 0.6 is 0 Å². The van der Waals surface area contributed by atoms with Gasteiger partial charge in [-0.3, -0.25) is 0 Å². The fourth-order valence-corrected chi connectivity index (χ4v) is 0.822. The zero-order valence-electron chi connectivity index (χ0n) is 9.03. The summed E-state index contributed by atoms with van der Waals surface area (Å²) in [5, 5.41) is 18.2. The number of likely N-dealkylation sites (N-methyl/N-ethyl adjacent to an activating group) is 1. The first kappa shape index (κ1) is 12.8. The molecule has 0 fully saturated rings. The molecule has 0 saturated heterocycles. The summed E-state index contributed by atoms with van der Waals surface area (Å²) < 4.78 is 5.92. The molecule has 2 atom stereocenters. The zero-order chi connectivity index (χ0) is 10.5. The standard InChI is InChI=1S/C9H22NO3/c1-8(11)7-9(12)13-6-5-10(2,3)4/h8-9,11-12H,5-7H2,1-4H3/q+1. The second-order valence-electron chi connectivity index (χ2n) is 4.42. The molecule has 0 rings (SSSR count). The highest BCUT2D eigenvalue weighted by molar-refractivity contribution is 4.49. The Labute approximate surface area is 80.3 Å². The fraction of sp³-hybridized carbons (Fsp3) is 1.00. The highest BCUT2D eigenvalue weighted by Gasteiger charge is 2.11. The van der Waals surface area contributed by atoms with Crippen molar-refractivity contribution in [2.24, 2.45) is 0 Å². The van der Waals surface area contributed by atoms with Gasteiger partial charge in [0.1, 0.15) is 6.54 Å². The van der Waals surface area contributed by atoms with Gasteiger partial charge in [-0.2, -0.15) is 0 Å². The quantitative estimate of drug-likeness (QED) is 0.452. The average molecular weight is 192 g/mol. The molecule has 0 aliphatic heterocycles. The molecule has 0 aromatic rings. The van der Waals surface area contributed by atoms with E-state index in [-0.39, 0.29) is 6.42 Å². The van der Waals surface area contributed by atoms with E-state index in [1.54, 1.807) is 6.92 Å². The minimum absolute atomic E-state index is 0.275. The molecular formula is C9H22NO3+. The summed E-state index contributed by atoms with van der Waals surface area (Å²) in [6.07, 6.45) is -1.08. The van der Waals surface area contributed by atoms with Crippen molar-refractivity contribution in [3.63, 3.8) is 0 Å². The Kier molecular flexibility index (Phi) is 5.48. The summed E-state index contributed by atoms with van der Waals surface area (Å²) in [5.41, 5.74) is 0. The third-order valence-electron chi connectivity index (χ3n) is 1.62. The SMILES string of the molecule is CC(O)CC(O)OCC[N+](C)(C)C. The summed E-state index contributed by atoms with van der Waals surface area (Å²) in [6, 6.07) is 0. The van der Waals surface area contributed by atoms with Crippen molar-refractivity contribution in [1.82, 2.24) is 0 Å². The molecule has 13 heavy (non-hydrogen) atoms. The molecule has 0 heterocycles. The minimum atomic E-state index is -0.841. The van der Waals surface area contributed by atoms with Crippen LogP contribution in [0.4, 0.5) is 0 Å². The molecule has 2 unspecified atom stereocenters. The molecule has 0 aromatic heterocycles. The molecule has 0 aromatic carbocycles. The number of hydrogen-bond acceptors (Lipinski definition) is 3. The van der Waals surface area contributed by atoms with Crippen molar-refractivity contribution in [2.75, 3.05) is 34.3 Å². The third kappa shape index (κ3) is 9.76. The molecule has 0 saturated carbocycles. The first-order valence-electron chi connectivity index (χ1n) is 4.59. The molecule has 0 aliphatic carbocycles. The van der Waals surface area contributed by atoms with Crippen LogP contribution in [-0.2, 0) is 4.74 Å². The van der Waals surface area contributed by atoms with Gasteiger partial charge in [-0.1, -0.05) is 0 Å². The van der Waals surface area contributed by atoms with E-state index in [4.69, 9.17) is 9.84 Å². The lowest BCUT2D eigenvalue weighted by Crippen LogP contribution is -2.38. The Bertz CT molecular complexity index is 131. The number of hydrogen-bond donors (Lipinski definition) is 2. The largest absolute Gasteiger partial charge is 0.393 e. The van der Waals surface area contributed by atoms with Crippen molar-refractivity contribution >= 4 is 0 Å². The minimum Gasteiger partial charge on any atom is -0.393 e. The van der Waals surface area contributed by atoms with Crippen LogP contribution < -0.4 is 0 Å². The van der Waals surface area contributed by atoms with Crippen molar-refractivity contribution in [3.05, 3.63) is 0 Å². The Hall–Kier alpha value is -0.160. The van der Waals surface area contributed by atoms with Crippen molar-refractivity contribution in [3.8, 4) is 0 Å². The van der Waals surface area contributed by atoms with Gasteiger partial charge in [0.25, 0.3) is 0 Å². The van der Waals surface area contributed by atoms with Gasteiger partial charge in [0, 0.05) is 6.42 Å². The summed E-state index contributed by atoms with van der Waals surface area (Å²) >= 11 is 0. The number of aliphatic hydroxyl groups excluding tert-OH is 2. The van der Waals surface area contributed by atoms with E-state index in [1.807, 2.05) is 0 Å². The second-order valence-corrected chi connectivity index (χ2v) is 4.42. The van der Waals surface area contributed by atoms with Crippen LogP contribution in [0.15, 0.2) is 0 Å². The van der Waals surface area contributed by atoms with E-state index in [0.29, 0.717) is 6.61 Å². The zero-order valence-corrected chi connectivity index (χ0v) is 9.03. The van der Waals surface area contributed by atoms with Crippen molar-refractivity contribution in [1.29, 1.82) is 0 Å². The van der Waals surface area contributed by atoms with E-state index < -0.39 is 12.4 Å². The van der Waals surface area contributed by atoms with Crippen LogP contribution in [0.3, 0.4) is 0 Å². The van der Waals surface area contributed by atoms with Crippen LogP contribution in [0.25, 0.3) is 0 Å². The second kappa shape index (κ2) is 5.54. The maximum atomic E-state index is 9.23. The van der Waals surface area contributed by atoms with Gasteiger partial charge in [0.15, 0.2) is 6.29 Å². The number of aliphatic hydroxyl groups is 2. The summed E-state index contributed by atoms with van der Waals surface area (Å²) in [7, 11) is 6.18. The summed E-state index contributed by atoms with van der Waals surface area (Å²) in [5.74, 6) is 0. The van der Waals surface area contributed by atoms with Gasteiger partial charge in [0.2, 0.25) is 0 Å². The Morgan fingerprint density at radius 1 is 1.23 bits per heavy atom. The Morgan fingerprint density at radius 2 is 1.77 bits per heavy atom. The van der Waals surface area contributed by atoms with Crippen LogP contribution in [0.5, 0.6) is 0 Å². The molecule has 0 spiro atoms.